The summed E-state index contributed by atoms with van der Waals surface area (Å²) in [6, 6.07) is 4.22. The summed E-state index contributed by atoms with van der Waals surface area (Å²) in [5, 5.41) is 9.87. The maximum absolute atomic E-state index is 12.9. The van der Waals surface area contributed by atoms with Gasteiger partial charge in [-0.25, -0.2) is 4.39 Å². The van der Waals surface area contributed by atoms with E-state index in [1.54, 1.807) is 6.07 Å². The maximum Gasteiger partial charge on any atom is 0.149 e. The standard InChI is InChI=1S/C10H9ClFN3S/c11-8-5-6(12)1-2-7(8)10-15-14-9(16-10)3-4-13/h1-2,5H,3-4,13H2. The lowest BCUT2D eigenvalue weighted by atomic mass is 10.2. The number of halogens is 2. The van der Waals surface area contributed by atoms with Crippen molar-refractivity contribution in [2.45, 2.75) is 6.42 Å². The second kappa shape index (κ2) is 4.86. The summed E-state index contributed by atoms with van der Waals surface area (Å²) in [5.41, 5.74) is 6.12. The third-order valence-electron chi connectivity index (χ3n) is 1.99. The van der Waals surface area contributed by atoms with Gasteiger partial charge < -0.3 is 5.73 Å². The average Bonchev–Trinajstić information content (AvgIpc) is 2.67. The molecule has 3 nitrogen and oxygen atoms in total. The summed E-state index contributed by atoms with van der Waals surface area (Å²) in [7, 11) is 0. The summed E-state index contributed by atoms with van der Waals surface area (Å²) in [5.74, 6) is -0.361. The Bertz CT molecular complexity index is 501. The molecule has 0 aliphatic carbocycles. The van der Waals surface area contributed by atoms with Crippen LogP contribution in [0.4, 0.5) is 4.39 Å². The van der Waals surface area contributed by atoms with Crippen LogP contribution in [0.5, 0.6) is 0 Å². The largest absolute Gasteiger partial charge is 0.330 e. The molecule has 16 heavy (non-hydrogen) atoms. The van der Waals surface area contributed by atoms with Gasteiger partial charge in [0, 0.05) is 12.0 Å². The molecule has 2 aromatic rings. The lowest BCUT2D eigenvalue weighted by Crippen LogP contribution is -2.01. The van der Waals surface area contributed by atoms with Crippen LogP contribution in [-0.4, -0.2) is 16.7 Å². The van der Waals surface area contributed by atoms with Gasteiger partial charge in [-0.15, -0.1) is 10.2 Å². The molecule has 0 amide bonds. The van der Waals surface area contributed by atoms with Gasteiger partial charge in [0.1, 0.15) is 15.8 Å². The topological polar surface area (TPSA) is 51.8 Å². The fourth-order valence-electron chi connectivity index (χ4n) is 1.25. The minimum atomic E-state index is -0.361. The number of nitrogens with zero attached hydrogens (tertiary/aromatic N) is 2. The summed E-state index contributed by atoms with van der Waals surface area (Å²) in [6.07, 6.45) is 0.691. The van der Waals surface area contributed by atoms with E-state index in [0.29, 0.717) is 28.6 Å². The average molecular weight is 258 g/mol. The molecule has 6 heteroatoms. The lowest BCUT2D eigenvalue weighted by Gasteiger charge is -1.98. The summed E-state index contributed by atoms with van der Waals surface area (Å²) >= 11 is 7.35. The van der Waals surface area contributed by atoms with E-state index in [0.717, 1.165) is 5.01 Å². The van der Waals surface area contributed by atoms with Crippen LogP contribution in [-0.2, 0) is 6.42 Å². The van der Waals surface area contributed by atoms with E-state index >= 15 is 0 Å². The normalized spacial score (nSPS) is 10.7. The zero-order valence-electron chi connectivity index (χ0n) is 8.28. The fourth-order valence-corrected chi connectivity index (χ4v) is 2.46. The lowest BCUT2D eigenvalue weighted by molar-refractivity contribution is 0.628. The van der Waals surface area contributed by atoms with Crippen LogP contribution in [0.3, 0.4) is 0 Å². The van der Waals surface area contributed by atoms with E-state index in [1.165, 1.54) is 23.5 Å². The first kappa shape index (κ1) is 11.4. The molecule has 1 heterocycles. The Morgan fingerprint density at radius 2 is 2.19 bits per heavy atom. The van der Waals surface area contributed by atoms with Gasteiger partial charge in [-0.05, 0) is 24.7 Å². The Labute approximate surface area is 101 Å². The highest BCUT2D eigenvalue weighted by Crippen LogP contribution is 2.30. The minimum absolute atomic E-state index is 0.343. The van der Waals surface area contributed by atoms with E-state index in [2.05, 4.69) is 10.2 Å². The van der Waals surface area contributed by atoms with E-state index in [9.17, 15) is 4.39 Å². The predicted octanol–water partition coefficient (Wildman–Crippen LogP) is 2.50. The van der Waals surface area contributed by atoms with Gasteiger partial charge in [0.25, 0.3) is 0 Å². The molecule has 0 fully saturated rings. The van der Waals surface area contributed by atoms with Crippen LogP contribution in [0.2, 0.25) is 5.02 Å². The molecule has 0 aliphatic heterocycles. The van der Waals surface area contributed by atoms with Crippen LogP contribution in [0, 0.1) is 5.82 Å². The van der Waals surface area contributed by atoms with Gasteiger partial charge in [0.15, 0.2) is 0 Å². The van der Waals surface area contributed by atoms with Gasteiger partial charge >= 0.3 is 0 Å². The molecule has 0 radical (unpaired) electrons. The van der Waals surface area contributed by atoms with E-state index in [1.807, 2.05) is 0 Å². The molecule has 0 atom stereocenters. The van der Waals surface area contributed by atoms with Crippen molar-refractivity contribution >= 4 is 22.9 Å². The second-order valence-corrected chi connectivity index (χ2v) is 4.63. The third kappa shape index (κ3) is 2.37. The Balaban J connectivity index is 2.35. The number of hydrogen-bond donors (Lipinski definition) is 1. The molecule has 2 N–H and O–H groups in total. The highest BCUT2D eigenvalue weighted by Gasteiger charge is 2.10. The molecular weight excluding hydrogens is 249 g/mol. The first-order chi connectivity index (χ1) is 7.70. The number of rotatable bonds is 3. The number of benzene rings is 1. The predicted molar refractivity (Wildman–Crippen MR) is 63.1 cm³/mol. The molecule has 1 aromatic carbocycles. The molecule has 2 rings (SSSR count). The van der Waals surface area contributed by atoms with Crippen molar-refractivity contribution in [3.05, 3.63) is 34.0 Å². The Morgan fingerprint density at radius 1 is 1.38 bits per heavy atom. The van der Waals surface area contributed by atoms with Crippen molar-refractivity contribution in [1.82, 2.24) is 10.2 Å². The van der Waals surface area contributed by atoms with E-state index in [4.69, 9.17) is 17.3 Å². The van der Waals surface area contributed by atoms with Gasteiger partial charge in [0.05, 0.1) is 5.02 Å². The molecule has 84 valence electrons. The highest BCUT2D eigenvalue weighted by molar-refractivity contribution is 7.14. The molecule has 0 saturated heterocycles. The van der Waals surface area contributed by atoms with Gasteiger partial charge in [-0.1, -0.05) is 22.9 Å². The Kier molecular flexibility index (Phi) is 3.48. The second-order valence-electron chi connectivity index (χ2n) is 3.16. The van der Waals surface area contributed by atoms with Crippen molar-refractivity contribution in [2.24, 2.45) is 5.73 Å². The Morgan fingerprint density at radius 3 is 2.88 bits per heavy atom. The van der Waals surface area contributed by atoms with Crippen molar-refractivity contribution in [2.75, 3.05) is 6.54 Å². The van der Waals surface area contributed by atoms with Crippen LogP contribution in [0.1, 0.15) is 5.01 Å². The zero-order valence-corrected chi connectivity index (χ0v) is 9.85. The molecule has 1 aromatic heterocycles. The molecular formula is C10H9ClFN3S. The third-order valence-corrected chi connectivity index (χ3v) is 3.32. The summed E-state index contributed by atoms with van der Waals surface area (Å²) in [4.78, 5) is 0. The summed E-state index contributed by atoms with van der Waals surface area (Å²) in [6.45, 7) is 0.534. The molecule has 0 spiro atoms. The maximum atomic E-state index is 12.9. The van der Waals surface area contributed by atoms with Crippen molar-refractivity contribution in [3.63, 3.8) is 0 Å². The van der Waals surface area contributed by atoms with Gasteiger partial charge in [-0.3, -0.25) is 0 Å². The van der Waals surface area contributed by atoms with Gasteiger partial charge in [-0.2, -0.15) is 0 Å². The monoisotopic (exact) mass is 257 g/mol. The highest BCUT2D eigenvalue weighted by atomic mass is 35.5. The minimum Gasteiger partial charge on any atom is -0.330 e. The SMILES string of the molecule is NCCc1nnc(-c2ccc(F)cc2Cl)s1. The molecule has 0 unspecified atom stereocenters. The van der Waals surface area contributed by atoms with Crippen molar-refractivity contribution < 1.29 is 4.39 Å². The van der Waals surface area contributed by atoms with Crippen molar-refractivity contribution in [1.29, 1.82) is 0 Å². The smallest absolute Gasteiger partial charge is 0.149 e. The quantitative estimate of drug-likeness (QED) is 0.919. The van der Waals surface area contributed by atoms with E-state index in [-0.39, 0.29) is 5.82 Å². The van der Waals surface area contributed by atoms with Crippen molar-refractivity contribution in [3.8, 4) is 10.6 Å². The van der Waals surface area contributed by atoms with E-state index < -0.39 is 0 Å². The van der Waals surface area contributed by atoms with Gasteiger partial charge in [0.2, 0.25) is 0 Å². The number of aromatic nitrogens is 2. The molecule has 0 bridgehead atoms. The number of hydrogen-bond acceptors (Lipinski definition) is 4. The first-order valence-electron chi connectivity index (χ1n) is 4.68. The number of nitrogens with two attached hydrogens (primary N) is 1. The Hall–Kier alpha value is -1.04. The zero-order chi connectivity index (χ0) is 11.5. The molecule has 0 aliphatic rings. The van der Waals surface area contributed by atoms with Crippen LogP contribution < -0.4 is 5.73 Å². The first-order valence-corrected chi connectivity index (χ1v) is 5.88. The summed E-state index contributed by atoms with van der Waals surface area (Å²) < 4.78 is 12.9. The van der Waals surface area contributed by atoms with Crippen LogP contribution >= 0.6 is 22.9 Å². The fraction of sp³-hybridized carbons (Fsp3) is 0.200. The van der Waals surface area contributed by atoms with Crippen LogP contribution in [0.25, 0.3) is 10.6 Å². The van der Waals surface area contributed by atoms with Crippen LogP contribution in [0.15, 0.2) is 18.2 Å². The molecule has 0 saturated carbocycles.